The summed E-state index contributed by atoms with van der Waals surface area (Å²) in [7, 11) is 0. The number of rotatable bonds is 2. The maximum absolute atomic E-state index is 10.9. The molecule has 0 bridgehead atoms. The highest BCUT2D eigenvalue weighted by molar-refractivity contribution is 5.72. The largest absolute Gasteiger partial charge is 0.294 e. The first-order valence-electron chi connectivity index (χ1n) is 5.46. The fourth-order valence-electron chi connectivity index (χ4n) is 2.01. The van der Waals surface area contributed by atoms with Crippen LogP contribution in [0, 0.1) is 16.0 Å². The van der Waals surface area contributed by atoms with Gasteiger partial charge in [-0.3, -0.25) is 15.1 Å². The molecule has 0 amide bonds. The molecule has 1 unspecified atom stereocenters. The molecule has 0 spiro atoms. The summed E-state index contributed by atoms with van der Waals surface area (Å²) in [6.45, 7) is 2.20. The highest BCUT2D eigenvalue weighted by Crippen LogP contribution is 2.33. The number of hydrogen-bond acceptors (Lipinski definition) is 3. The van der Waals surface area contributed by atoms with Crippen molar-refractivity contribution in [1.29, 1.82) is 0 Å². The molecule has 84 valence electrons. The summed E-state index contributed by atoms with van der Waals surface area (Å²) in [6, 6.07) is 1.74. The molecule has 1 aromatic heterocycles. The second-order valence-corrected chi connectivity index (χ2v) is 4.26. The van der Waals surface area contributed by atoms with Crippen LogP contribution >= 0.6 is 0 Å². The lowest BCUT2D eigenvalue weighted by Gasteiger charge is -2.18. The standard InChI is InChI=1S/C12H14N2O2/c1-9-2-4-10(5-3-9)11-6-7-13-8-12(11)14(15)16/h4,6-9H,2-3,5H2,1H3. The number of nitrogens with zero attached hydrogens (tertiary/aromatic N) is 2. The third-order valence-electron chi connectivity index (χ3n) is 3.02. The van der Waals surface area contributed by atoms with Gasteiger partial charge in [-0.2, -0.15) is 0 Å². The molecule has 1 aliphatic rings. The first kappa shape index (κ1) is 10.8. The molecule has 0 saturated heterocycles. The summed E-state index contributed by atoms with van der Waals surface area (Å²) in [5.74, 6) is 0.685. The number of aromatic nitrogens is 1. The van der Waals surface area contributed by atoms with Gasteiger partial charge in [-0.1, -0.05) is 13.0 Å². The van der Waals surface area contributed by atoms with Crippen molar-refractivity contribution in [3.63, 3.8) is 0 Å². The lowest BCUT2D eigenvalue weighted by Crippen LogP contribution is -2.03. The Morgan fingerprint density at radius 1 is 1.56 bits per heavy atom. The lowest BCUT2D eigenvalue weighted by atomic mass is 9.87. The molecule has 16 heavy (non-hydrogen) atoms. The summed E-state index contributed by atoms with van der Waals surface area (Å²) >= 11 is 0. The van der Waals surface area contributed by atoms with Crippen LogP contribution < -0.4 is 0 Å². The van der Waals surface area contributed by atoms with Crippen molar-refractivity contribution in [3.8, 4) is 0 Å². The van der Waals surface area contributed by atoms with Crippen LogP contribution in [0.5, 0.6) is 0 Å². The van der Waals surface area contributed by atoms with Crippen molar-refractivity contribution in [2.75, 3.05) is 0 Å². The first-order valence-corrected chi connectivity index (χ1v) is 5.46. The molecule has 1 aromatic rings. The minimum Gasteiger partial charge on any atom is -0.258 e. The van der Waals surface area contributed by atoms with E-state index < -0.39 is 0 Å². The molecule has 1 aliphatic carbocycles. The third kappa shape index (κ3) is 2.10. The van der Waals surface area contributed by atoms with E-state index in [-0.39, 0.29) is 10.6 Å². The molecule has 0 saturated carbocycles. The van der Waals surface area contributed by atoms with Crippen molar-refractivity contribution >= 4 is 11.3 Å². The molecule has 4 nitrogen and oxygen atoms in total. The number of hydrogen-bond donors (Lipinski definition) is 0. The van der Waals surface area contributed by atoms with Gasteiger partial charge < -0.3 is 0 Å². The van der Waals surface area contributed by atoms with Crippen molar-refractivity contribution in [3.05, 3.63) is 40.2 Å². The molecule has 0 aromatic carbocycles. The van der Waals surface area contributed by atoms with Crippen molar-refractivity contribution in [1.82, 2.24) is 4.98 Å². The summed E-state index contributed by atoms with van der Waals surface area (Å²) in [6.07, 6.45) is 8.10. The Kier molecular flexibility index (Phi) is 2.99. The van der Waals surface area contributed by atoms with Crippen LogP contribution in [0.2, 0.25) is 0 Å². The Hall–Kier alpha value is -1.71. The van der Waals surface area contributed by atoms with Gasteiger partial charge >= 0.3 is 0 Å². The fraction of sp³-hybridized carbons (Fsp3) is 0.417. The average molecular weight is 218 g/mol. The Balaban J connectivity index is 2.37. The van der Waals surface area contributed by atoms with Gasteiger partial charge in [0, 0.05) is 6.20 Å². The molecular weight excluding hydrogens is 204 g/mol. The minimum atomic E-state index is -0.360. The summed E-state index contributed by atoms with van der Waals surface area (Å²) < 4.78 is 0. The van der Waals surface area contributed by atoms with Crippen LogP contribution in [0.4, 0.5) is 5.69 Å². The molecular formula is C12H14N2O2. The fourth-order valence-corrected chi connectivity index (χ4v) is 2.01. The predicted octanol–water partition coefficient (Wildman–Crippen LogP) is 3.19. The van der Waals surface area contributed by atoms with Crippen LogP contribution in [-0.2, 0) is 0 Å². The molecule has 2 rings (SSSR count). The smallest absolute Gasteiger partial charge is 0.258 e. The van der Waals surface area contributed by atoms with Crippen molar-refractivity contribution < 1.29 is 4.92 Å². The summed E-state index contributed by atoms with van der Waals surface area (Å²) in [4.78, 5) is 14.3. The van der Waals surface area contributed by atoms with Gasteiger partial charge in [-0.15, -0.1) is 0 Å². The van der Waals surface area contributed by atoms with E-state index in [2.05, 4.69) is 18.0 Å². The van der Waals surface area contributed by atoms with Crippen molar-refractivity contribution in [2.45, 2.75) is 26.2 Å². The van der Waals surface area contributed by atoms with E-state index in [1.54, 1.807) is 12.3 Å². The van der Waals surface area contributed by atoms with Gasteiger partial charge in [-0.05, 0) is 36.8 Å². The number of allylic oxidation sites excluding steroid dienone is 2. The Bertz CT molecular complexity index is 440. The molecule has 1 atom stereocenters. The zero-order valence-electron chi connectivity index (χ0n) is 9.22. The van der Waals surface area contributed by atoms with Gasteiger partial charge in [0.05, 0.1) is 10.5 Å². The van der Waals surface area contributed by atoms with Gasteiger partial charge in [0.1, 0.15) is 6.20 Å². The zero-order valence-corrected chi connectivity index (χ0v) is 9.22. The quantitative estimate of drug-likeness (QED) is 0.565. The molecule has 4 heteroatoms. The summed E-state index contributed by atoms with van der Waals surface area (Å²) in [5, 5.41) is 10.9. The topological polar surface area (TPSA) is 56.0 Å². The monoisotopic (exact) mass is 218 g/mol. The van der Waals surface area contributed by atoms with Crippen LogP contribution in [0.15, 0.2) is 24.5 Å². The molecule has 0 radical (unpaired) electrons. The molecule has 0 fully saturated rings. The molecule has 0 aliphatic heterocycles. The molecule has 1 heterocycles. The third-order valence-corrected chi connectivity index (χ3v) is 3.02. The highest BCUT2D eigenvalue weighted by atomic mass is 16.6. The van der Waals surface area contributed by atoms with E-state index in [1.807, 2.05) is 0 Å². The van der Waals surface area contributed by atoms with Crippen LogP contribution in [0.25, 0.3) is 5.57 Å². The van der Waals surface area contributed by atoms with Crippen LogP contribution in [-0.4, -0.2) is 9.91 Å². The SMILES string of the molecule is CC1CC=C(c2ccncc2[N+](=O)[O-])CC1. The Morgan fingerprint density at radius 2 is 2.38 bits per heavy atom. The van der Waals surface area contributed by atoms with E-state index in [0.717, 1.165) is 30.4 Å². The minimum absolute atomic E-state index is 0.114. The second-order valence-electron chi connectivity index (χ2n) is 4.26. The maximum atomic E-state index is 10.9. The van der Waals surface area contributed by atoms with Crippen LogP contribution in [0.3, 0.4) is 0 Å². The number of nitro groups is 1. The summed E-state index contributed by atoms with van der Waals surface area (Å²) in [5.41, 5.74) is 1.93. The van der Waals surface area contributed by atoms with E-state index in [1.165, 1.54) is 6.20 Å². The van der Waals surface area contributed by atoms with Gasteiger partial charge in [0.25, 0.3) is 5.69 Å². The van der Waals surface area contributed by atoms with E-state index in [4.69, 9.17) is 0 Å². The first-order chi connectivity index (χ1) is 7.68. The normalized spacial score (nSPS) is 20.3. The Labute approximate surface area is 94.2 Å². The Morgan fingerprint density at radius 3 is 3.00 bits per heavy atom. The maximum Gasteiger partial charge on any atom is 0.294 e. The highest BCUT2D eigenvalue weighted by Gasteiger charge is 2.19. The van der Waals surface area contributed by atoms with E-state index >= 15 is 0 Å². The van der Waals surface area contributed by atoms with Gasteiger partial charge in [-0.25, -0.2) is 0 Å². The second kappa shape index (κ2) is 4.43. The number of pyridine rings is 1. The average Bonchev–Trinajstić information content (AvgIpc) is 2.30. The van der Waals surface area contributed by atoms with E-state index in [9.17, 15) is 10.1 Å². The van der Waals surface area contributed by atoms with Gasteiger partial charge in [0.15, 0.2) is 0 Å². The predicted molar refractivity (Wildman–Crippen MR) is 61.9 cm³/mol. The lowest BCUT2D eigenvalue weighted by molar-refractivity contribution is -0.385. The van der Waals surface area contributed by atoms with Crippen LogP contribution in [0.1, 0.15) is 31.7 Å². The molecule has 0 N–H and O–H groups in total. The van der Waals surface area contributed by atoms with Gasteiger partial charge in [0.2, 0.25) is 0 Å². The van der Waals surface area contributed by atoms with Crippen molar-refractivity contribution in [2.24, 2.45) is 5.92 Å². The van der Waals surface area contributed by atoms with E-state index in [0.29, 0.717) is 5.92 Å². The zero-order chi connectivity index (χ0) is 11.5.